The molecule has 0 bridgehead atoms. The Morgan fingerprint density at radius 1 is 1.15 bits per heavy atom. The van der Waals surface area contributed by atoms with E-state index >= 15 is 0 Å². The summed E-state index contributed by atoms with van der Waals surface area (Å²) in [4.78, 5) is 26.9. The van der Waals surface area contributed by atoms with Crippen LogP contribution < -0.4 is 0 Å². The molecule has 1 unspecified atom stereocenters. The standard InChI is InChI=1S/C16H27NO3/c1-3-16(10-6-7-11-16)15(19)17-12-8-5-9-13(17)14(18)20-4-2/h13H,3-12H2,1-2H3. The van der Waals surface area contributed by atoms with Gasteiger partial charge in [-0.15, -0.1) is 0 Å². The van der Waals surface area contributed by atoms with Crippen molar-refractivity contribution >= 4 is 11.9 Å². The Balaban J connectivity index is 2.14. The highest BCUT2D eigenvalue weighted by molar-refractivity contribution is 5.88. The van der Waals surface area contributed by atoms with Crippen LogP contribution in [0.3, 0.4) is 0 Å². The van der Waals surface area contributed by atoms with Crippen LogP contribution in [-0.4, -0.2) is 36.0 Å². The second kappa shape index (κ2) is 6.59. The van der Waals surface area contributed by atoms with E-state index in [-0.39, 0.29) is 23.3 Å². The Hall–Kier alpha value is -1.06. The molecule has 0 aromatic rings. The van der Waals surface area contributed by atoms with Crippen LogP contribution in [0.2, 0.25) is 0 Å². The second-order valence-electron chi connectivity index (χ2n) is 6.10. The maximum Gasteiger partial charge on any atom is 0.328 e. The summed E-state index contributed by atoms with van der Waals surface area (Å²) in [6, 6.07) is -0.347. The summed E-state index contributed by atoms with van der Waals surface area (Å²) in [5.41, 5.74) is -0.206. The molecule has 1 amide bonds. The minimum Gasteiger partial charge on any atom is -0.464 e. The first kappa shape index (κ1) is 15.3. The van der Waals surface area contributed by atoms with Gasteiger partial charge in [-0.2, -0.15) is 0 Å². The van der Waals surface area contributed by atoms with Gasteiger partial charge < -0.3 is 9.64 Å². The molecule has 4 nitrogen and oxygen atoms in total. The van der Waals surface area contributed by atoms with Gasteiger partial charge in [0.05, 0.1) is 6.61 Å². The van der Waals surface area contributed by atoms with Crippen molar-refractivity contribution in [2.24, 2.45) is 5.41 Å². The van der Waals surface area contributed by atoms with Gasteiger partial charge in [0.25, 0.3) is 0 Å². The first-order valence-electron chi connectivity index (χ1n) is 8.12. The summed E-state index contributed by atoms with van der Waals surface area (Å²) in [7, 11) is 0. The maximum absolute atomic E-state index is 13.0. The molecule has 4 heteroatoms. The number of esters is 1. The number of rotatable bonds is 4. The van der Waals surface area contributed by atoms with E-state index in [1.807, 2.05) is 11.8 Å². The molecule has 2 aliphatic rings. The molecule has 114 valence electrons. The zero-order chi connectivity index (χ0) is 14.6. The number of hydrogen-bond donors (Lipinski definition) is 0. The fraction of sp³-hybridized carbons (Fsp3) is 0.875. The third-order valence-electron chi connectivity index (χ3n) is 5.01. The Morgan fingerprint density at radius 3 is 2.45 bits per heavy atom. The Kier molecular flexibility index (Phi) is 5.06. The van der Waals surface area contributed by atoms with Crippen molar-refractivity contribution in [3.8, 4) is 0 Å². The molecule has 2 fully saturated rings. The number of amides is 1. The van der Waals surface area contributed by atoms with E-state index in [0.717, 1.165) is 51.4 Å². The normalized spacial score (nSPS) is 25.5. The lowest BCUT2D eigenvalue weighted by Crippen LogP contribution is -2.53. The van der Waals surface area contributed by atoms with Crippen LogP contribution in [-0.2, 0) is 14.3 Å². The van der Waals surface area contributed by atoms with Gasteiger partial charge in [0.2, 0.25) is 5.91 Å². The van der Waals surface area contributed by atoms with Crippen molar-refractivity contribution in [2.45, 2.75) is 71.3 Å². The van der Waals surface area contributed by atoms with Crippen molar-refractivity contribution in [3.05, 3.63) is 0 Å². The Labute approximate surface area is 121 Å². The smallest absolute Gasteiger partial charge is 0.328 e. The number of hydrogen-bond acceptors (Lipinski definition) is 3. The van der Waals surface area contributed by atoms with Crippen LogP contribution >= 0.6 is 0 Å². The van der Waals surface area contributed by atoms with Crippen molar-refractivity contribution in [2.75, 3.05) is 13.2 Å². The van der Waals surface area contributed by atoms with Gasteiger partial charge in [0.1, 0.15) is 6.04 Å². The van der Waals surface area contributed by atoms with E-state index in [2.05, 4.69) is 6.92 Å². The maximum atomic E-state index is 13.0. The highest BCUT2D eigenvalue weighted by Crippen LogP contribution is 2.43. The predicted molar refractivity (Wildman–Crippen MR) is 77.2 cm³/mol. The lowest BCUT2D eigenvalue weighted by Gasteiger charge is -2.40. The van der Waals surface area contributed by atoms with Crippen molar-refractivity contribution in [1.29, 1.82) is 0 Å². The monoisotopic (exact) mass is 281 g/mol. The minimum absolute atomic E-state index is 0.204. The number of carbonyl (C=O) groups is 2. The highest BCUT2D eigenvalue weighted by atomic mass is 16.5. The molecule has 20 heavy (non-hydrogen) atoms. The van der Waals surface area contributed by atoms with Gasteiger partial charge in [-0.05, 0) is 45.4 Å². The minimum atomic E-state index is -0.347. The largest absolute Gasteiger partial charge is 0.464 e. The topological polar surface area (TPSA) is 46.6 Å². The molecule has 0 aromatic heterocycles. The number of piperidine rings is 1. The van der Waals surface area contributed by atoms with Gasteiger partial charge >= 0.3 is 5.97 Å². The van der Waals surface area contributed by atoms with Crippen LogP contribution in [0.15, 0.2) is 0 Å². The number of ether oxygens (including phenoxy) is 1. The number of nitrogens with zero attached hydrogens (tertiary/aromatic N) is 1. The predicted octanol–water partition coefficient (Wildman–Crippen LogP) is 2.90. The molecular formula is C16H27NO3. The van der Waals surface area contributed by atoms with Crippen LogP contribution in [0, 0.1) is 5.41 Å². The molecule has 0 spiro atoms. The third kappa shape index (κ3) is 2.84. The quantitative estimate of drug-likeness (QED) is 0.744. The lowest BCUT2D eigenvalue weighted by atomic mass is 9.81. The summed E-state index contributed by atoms with van der Waals surface area (Å²) < 4.78 is 5.16. The van der Waals surface area contributed by atoms with E-state index in [1.165, 1.54) is 0 Å². The van der Waals surface area contributed by atoms with Gasteiger partial charge in [0.15, 0.2) is 0 Å². The van der Waals surface area contributed by atoms with E-state index in [4.69, 9.17) is 4.74 Å². The zero-order valence-electron chi connectivity index (χ0n) is 12.8. The van der Waals surface area contributed by atoms with Crippen LogP contribution in [0.5, 0.6) is 0 Å². The Morgan fingerprint density at radius 2 is 1.85 bits per heavy atom. The van der Waals surface area contributed by atoms with E-state index in [9.17, 15) is 9.59 Å². The van der Waals surface area contributed by atoms with Gasteiger partial charge in [-0.25, -0.2) is 4.79 Å². The first-order chi connectivity index (χ1) is 9.64. The summed E-state index contributed by atoms with van der Waals surface area (Å²) in [6.07, 6.45) is 7.88. The zero-order valence-corrected chi connectivity index (χ0v) is 12.8. The SMILES string of the molecule is CCOC(=O)C1CCCCN1C(=O)C1(CC)CCCC1. The molecule has 1 saturated heterocycles. The first-order valence-corrected chi connectivity index (χ1v) is 8.12. The van der Waals surface area contributed by atoms with E-state index < -0.39 is 0 Å². The second-order valence-corrected chi connectivity index (χ2v) is 6.10. The summed E-state index contributed by atoms with van der Waals surface area (Å²) in [6.45, 7) is 5.02. The Bertz CT molecular complexity index is 361. The van der Waals surface area contributed by atoms with Crippen LogP contribution in [0.4, 0.5) is 0 Å². The van der Waals surface area contributed by atoms with Gasteiger partial charge in [-0.1, -0.05) is 19.8 Å². The van der Waals surface area contributed by atoms with Crippen LogP contribution in [0.1, 0.15) is 65.2 Å². The summed E-state index contributed by atoms with van der Waals surface area (Å²) >= 11 is 0. The third-order valence-corrected chi connectivity index (χ3v) is 5.01. The molecule has 0 aromatic carbocycles. The molecule has 1 saturated carbocycles. The summed E-state index contributed by atoms with van der Waals surface area (Å²) in [5, 5.41) is 0. The fourth-order valence-corrected chi connectivity index (χ4v) is 3.73. The molecule has 1 aliphatic heterocycles. The fourth-order valence-electron chi connectivity index (χ4n) is 3.73. The van der Waals surface area contributed by atoms with Crippen molar-refractivity contribution in [3.63, 3.8) is 0 Å². The average molecular weight is 281 g/mol. The molecule has 2 rings (SSSR count). The van der Waals surface area contributed by atoms with Crippen LogP contribution in [0.25, 0.3) is 0 Å². The average Bonchev–Trinajstić information content (AvgIpc) is 2.97. The van der Waals surface area contributed by atoms with E-state index in [0.29, 0.717) is 13.2 Å². The highest BCUT2D eigenvalue weighted by Gasteiger charge is 2.45. The molecule has 1 aliphatic carbocycles. The summed E-state index contributed by atoms with van der Waals surface area (Å²) in [5.74, 6) is -0.0138. The van der Waals surface area contributed by atoms with Crippen molar-refractivity contribution in [1.82, 2.24) is 4.90 Å². The van der Waals surface area contributed by atoms with Crippen molar-refractivity contribution < 1.29 is 14.3 Å². The van der Waals surface area contributed by atoms with Gasteiger partial charge in [0, 0.05) is 12.0 Å². The molecule has 1 atom stereocenters. The van der Waals surface area contributed by atoms with Gasteiger partial charge in [-0.3, -0.25) is 4.79 Å². The molecule has 0 N–H and O–H groups in total. The number of likely N-dealkylation sites (tertiary alicyclic amines) is 1. The molecule has 0 radical (unpaired) electrons. The molecular weight excluding hydrogens is 254 g/mol. The molecule has 1 heterocycles. The lowest BCUT2D eigenvalue weighted by molar-refractivity contribution is -0.161. The van der Waals surface area contributed by atoms with E-state index in [1.54, 1.807) is 0 Å². The number of carbonyl (C=O) groups excluding carboxylic acids is 2.